The van der Waals surface area contributed by atoms with Crippen molar-refractivity contribution in [1.29, 1.82) is 0 Å². The van der Waals surface area contributed by atoms with Crippen LogP contribution in [0.4, 0.5) is 5.69 Å². The zero-order valence-corrected chi connectivity index (χ0v) is 13.4. The molecule has 7 heteroatoms. The summed E-state index contributed by atoms with van der Waals surface area (Å²) in [5.74, 6) is 0.592. The second-order valence-electron chi connectivity index (χ2n) is 4.23. The highest BCUT2D eigenvalue weighted by molar-refractivity contribution is 9.10. The monoisotopic (exact) mass is 370 g/mol. The highest BCUT2D eigenvalue weighted by Crippen LogP contribution is 2.38. The van der Waals surface area contributed by atoms with Crippen LogP contribution in [0.25, 0.3) is 0 Å². The molecule has 0 bridgehead atoms. The van der Waals surface area contributed by atoms with Gasteiger partial charge >= 0.3 is 5.69 Å². The number of nitrogens with zero attached hydrogens (tertiary/aromatic N) is 1. The second-order valence-corrected chi connectivity index (χ2v) is 5.49. The molecule has 0 aliphatic carbocycles. The van der Waals surface area contributed by atoms with Gasteiger partial charge in [-0.25, -0.2) is 0 Å². The number of halogens is 2. The fourth-order valence-corrected chi connectivity index (χ4v) is 2.46. The first kappa shape index (κ1) is 15.8. The maximum Gasteiger partial charge on any atom is 0.312 e. The molecular weight excluding hydrogens is 360 g/mol. The molecule has 0 saturated heterocycles. The van der Waals surface area contributed by atoms with Gasteiger partial charge in [-0.15, -0.1) is 0 Å². The van der Waals surface area contributed by atoms with E-state index in [1.54, 1.807) is 24.3 Å². The third-order valence-corrected chi connectivity index (χ3v) is 3.73. The van der Waals surface area contributed by atoms with Gasteiger partial charge in [-0.1, -0.05) is 23.7 Å². The van der Waals surface area contributed by atoms with E-state index in [9.17, 15) is 10.1 Å². The summed E-state index contributed by atoms with van der Waals surface area (Å²) in [5.41, 5.74) is 0.813. The molecule has 0 amide bonds. The summed E-state index contributed by atoms with van der Waals surface area (Å²) in [4.78, 5) is 10.6. The molecule has 0 aromatic heterocycles. The van der Waals surface area contributed by atoms with Crippen molar-refractivity contribution in [3.8, 4) is 11.5 Å². The van der Waals surface area contributed by atoms with Gasteiger partial charge in [0.05, 0.1) is 9.40 Å². The van der Waals surface area contributed by atoms with Crippen molar-refractivity contribution in [2.45, 2.75) is 6.54 Å². The smallest absolute Gasteiger partial charge is 0.312 e. The molecule has 0 unspecified atom stereocenters. The number of rotatable bonds is 5. The van der Waals surface area contributed by atoms with Crippen LogP contribution in [-0.2, 0) is 6.54 Å². The molecule has 0 aliphatic heterocycles. The first-order valence-corrected chi connectivity index (χ1v) is 7.24. The van der Waals surface area contributed by atoms with Gasteiger partial charge in [-0.05, 0) is 46.7 Å². The van der Waals surface area contributed by atoms with E-state index in [1.807, 2.05) is 13.1 Å². The molecule has 5 nitrogen and oxygen atoms in total. The van der Waals surface area contributed by atoms with Crippen LogP contribution in [-0.4, -0.2) is 12.0 Å². The van der Waals surface area contributed by atoms with E-state index in [2.05, 4.69) is 21.2 Å². The van der Waals surface area contributed by atoms with Gasteiger partial charge in [0.25, 0.3) is 0 Å². The highest BCUT2D eigenvalue weighted by atomic mass is 79.9. The first-order valence-electron chi connectivity index (χ1n) is 6.06. The molecular formula is C14H12BrClN2O3. The number of hydrogen-bond acceptors (Lipinski definition) is 4. The molecule has 0 saturated carbocycles. The molecule has 0 spiro atoms. The second kappa shape index (κ2) is 6.89. The van der Waals surface area contributed by atoms with Gasteiger partial charge in [-0.2, -0.15) is 0 Å². The van der Waals surface area contributed by atoms with Gasteiger partial charge in [0.2, 0.25) is 5.75 Å². The van der Waals surface area contributed by atoms with Crippen LogP contribution in [0.5, 0.6) is 11.5 Å². The number of para-hydroxylation sites is 1. The Hall–Kier alpha value is -1.63. The number of benzene rings is 2. The highest BCUT2D eigenvalue weighted by Gasteiger charge is 2.19. The molecule has 0 aliphatic rings. The summed E-state index contributed by atoms with van der Waals surface area (Å²) in [6.07, 6.45) is 0. The maximum atomic E-state index is 11.0. The van der Waals surface area contributed by atoms with Crippen LogP contribution >= 0.6 is 27.5 Å². The molecule has 21 heavy (non-hydrogen) atoms. The average Bonchev–Trinajstić information content (AvgIpc) is 2.44. The maximum absolute atomic E-state index is 11.0. The Morgan fingerprint density at radius 3 is 2.76 bits per heavy atom. The van der Waals surface area contributed by atoms with Crippen LogP contribution in [0.3, 0.4) is 0 Å². The summed E-state index contributed by atoms with van der Waals surface area (Å²) in [6.45, 7) is 0.633. The van der Waals surface area contributed by atoms with Crippen molar-refractivity contribution in [1.82, 2.24) is 5.32 Å². The lowest BCUT2D eigenvalue weighted by molar-refractivity contribution is -0.385. The van der Waals surface area contributed by atoms with Gasteiger partial charge in [0, 0.05) is 17.6 Å². The number of ether oxygens (including phenoxy) is 1. The number of nitro benzene ring substituents is 1. The third-order valence-electron chi connectivity index (χ3n) is 2.75. The Kier molecular flexibility index (Phi) is 5.17. The van der Waals surface area contributed by atoms with Gasteiger partial charge in [0.1, 0.15) is 5.75 Å². The van der Waals surface area contributed by atoms with Gasteiger partial charge < -0.3 is 10.1 Å². The number of nitrogens with one attached hydrogen (secondary N) is 1. The zero-order chi connectivity index (χ0) is 15.4. The molecule has 0 fully saturated rings. The molecule has 0 radical (unpaired) electrons. The van der Waals surface area contributed by atoms with E-state index < -0.39 is 4.92 Å². The Morgan fingerprint density at radius 1 is 1.38 bits per heavy atom. The minimum Gasteiger partial charge on any atom is -0.449 e. The van der Waals surface area contributed by atoms with Crippen LogP contribution in [0, 0.1) is 10.1 Å². The molecule has 0 heterocycles. The van der Waals surface area contributed by atoms with Crippen molar-refractivity contribution in [2.75, 3.05) is 7.05 Å². The van der Waals surface area contributed by atoms with Crippen LogP contribution in [0.15, 0.2) is 40.9 Å². The topological polar surface area (TPSA) is 64.4 Å². The standard InChI is InChI=1S/C14H12BrClN2O3/c1-17-8-9-5-6-10(7-12(9)16)21-14-11(15)3-2-4-13(14)18(19)20/h2-7,17H,8H2,1H3. The summed E-state index contributed by atoms with van der Waals surface area (Å²) in [5, 5.41) is 14.6. The fourth-order valence-electron chi connectivity index (χ4n) is 1.79. The third kappa shape index (κ3) is 3.72. The largest absolute Gasteiger partial charge is 0.449 e. The Bertz CT molecular complexity index is 679. The van der Waals surface area contributed by atoms with E-state index in [4.69, 9.17) is 16.3 Å². The lowest BCUT2D eigenvalue weighted by Gasteiger charge is -2.10. The summed E-state index contributed by atoms with van der Waals surface area (Å²) >= 11 is 9.41. The predicted molar refractivity (Wildman–Crippen MR) is 85.1 cm³/mol. The van der Waals surface area contributed by atoms with Crippen LogP contribution in [0.1, 0.15) is 5.56 Å². The summed E-state index contributed by atoms with van der Waals surface area (Å²) < 4.78 is 6.13. The van der Waals surface area contributed by atoms with Crippen LogP contribution in [0.2, 0.25) is 5.02 Å². The molecule has 2 aromatic carbocycles. The first-order chi connectivity index (χ1) is 10.0. The normalized spacial score (nSPS) is 10.4. The summed E-state index contributed by atoms with van der Waals surface area (Å²) in [7, 11) is 1.82. The number of hydrogen-bond donors (Lipinski definition) is 1. The Labute approximate surface area is 135 Å². The van der Waals surface area contributed by atoms with E-state index in [-0.39, 0.29) is 11.4 Å². The Morgan fingerprint density at radius 2 is 2.14 bits per heavy atom. The van der Waals surface area contributed by atoms with E-state index in [1.165, 1.54) is 6.07 Å². The zero-order valence-electron chi connectivity index (χ0n) is 11.1. The van der Waals surface area contributed by atoms with E-state index >= 15 is 0 Å². The SMILES string of the molecule is CNCc1ccc(Oc2c(Br)cccc2[N+](=O)[O-])cc1Cl. The van der Waals surface area contributed by atoms with Crippen molar-refractivity contribution >= 4 is 33.2 Å². The summed E-state index contributed by atoms with van der Waals surface area (Å²) in [6, 6.07) is 9.82. The average molecular weight is 372 g/mol. The molecule has 110 valence electrons. The van der Waals surface area contributed by atoms with E-state index in [0.717, 1.165) is 5.56 Å². The van der Waals surface area contributed by atoms with Crippen LogP contribution < -0.4 is 10.1 Å². The molecule has 1 N–H and O–H groups in total. The molecule has 0 atom stereocenters. The van der Waals surface area contributed by atoms with Crippen molar-refractivity contribution in [3.05, 3.63) is 61.6 Å². The van der Waals surface area contributed by atoms with E-state index in [0.29, 0.717) is 21.8 Å². The number of nitro groups is 1. The quantitative estimate of drug-likeness (QED) is 0.620. The molecule has 2 rings (SSSR count). The van der Waals surface area contributed by atoms with Crippen molar-refractivity contribution in [3.63, 3.8) is 0 Å². The Balaban J connectivity index is 2.34. The van der Waals surface area contributed by atoms with Crippen molar-refractivity contribution < 1.29 is 9.66 Å². The lowest BCUT2D eigenvalue weighted by Crippen LogP contribution is -2.05. The minimum absolute atomic E-state index is 0.111. The van der Waals surface area contributed by atoms with Crippen molar-refractivity contribution in [2.24, 2.45) is 0 Å². The van der Waals surface area contributed by atoms with Gasteiger partial charge in [0.15, 0.2) is 0 Å². The molecule has 2 aromatic rings. The predicted octanol–water partition coefficient (Wildman–Crippen LogP) is 4.52. The fraction of sp³-hybridized carbons (Fsp3) is 0.143. The minimum atomic E-state index is -0.489. The lowest BCUT2D eigenvalue weighted by atomic mass is 10.2. The van der Waals surface area contributed by atoms with Gasteiger partial charge in [-0.3, -0.25) is 10.1 Å².